The molecule has 0 aliphatic heterocycles. The van der Waals surface area contributed by atoms with Gasteiger partial charge in [0, 0.05) is 0 Å². The molecule has 4 aliphatic rings. The van der Waals surface area contributed by atoms with Crippen LogP contribution >= 0.6 is 0 Å². The third kappa shape index (κ3) is 3.22. The molecule has 4 heteroatoms. The van der Waals surface area contributed by atoms with Gasteiger partial charge < -0.3 is 14.4 Å². The molecule has 0 radical (unpaired) electrons. The first-order valence-electron chi connectivity index (χ1n) is 11.5. The van der Waals surface area contributed by atoms with E-state index in [0.717, 1.165) is 34.5 Å². The number of hydrogen-bond acceptors (Lipinski definition) is 3. The van der Waals surface area contributed by atoms with Crippen LogP contribution in [0.1, 0.15) is 44.1 Å². The van der Waals surface area contributed by atoms with Crippen LogP contribution in [0.5, 0.6) is 5.75 Å². The highest BCUT2D eigenvalue weighted by Gasteiger charge is 2.51. The van der Waals surface area contributed by atoms with Crippen LogP contribution < -0.4 is 4.74 Å². The van der Waals surface area contributed by atoms with Crippen molar-refractivity contribution < 1.29 is 9.84 Å². The Bertz CT molecular complexity index is 1000. The van der Waals surface area contributed by atoms with E-state index < -0.39 is 6.10 Å². The zero-order chi connectivity index (χ0) is 20.1. The second-order valence-electron chi connectivity index (χ2n) is 10.1. The molecule has 1 unspecified atom stereocenters. The van der Waals surface area contributed by atoms with Crippen molar-refractivity contribution in [2.75, 3.05) is 6.61 Å². The number of rotatable bonds is 6. The second-order valence-corrected chi connectivity index (χ2v) is 10.1. The first kappa shape index (κ1) is 18.4. The van der Waals surface area contributed by atoms with Gasteiger partial charge in [-0.1, -0.05) is 24.3 Å². The number of para-hydroxylation sites is 2. The zero-order valence-electron chi connectivity index (χ0n) is 17.4. The quantitative estimate of drug-likeness (QED) is 0.635. The van der Waals surface area contributed by atoms with E-state index in [1.165, 1.54) is 44.1 Å². The molecular weight excluding hydrogens is 372 g/mol. The Hall–Kier alpha value is -2.33. The van der Waals surface area contributed by atoms with Crippen LogP contribution in [0.2, 0.25) is 0 Å². The summed E-state index contributed by atoms with van der Waals surface area (Å²) in [5, 5.41) is 10.5. The lowest BCUT2D eigenvalue weighted by molar-refractivity contribution is -0.00522. The summed E-state index contributed by atoms with van der Waals surface area (Å²) in [6.45, 7) is 0.759. The Balaban J connectivity index is 1.10. The van der Waals surface area contributed by atoms with Crippen LogP contribution in [0.15, 0.2) is 54.9 Å². The monoisotopic (exact) mass is 402 g/mol. The van der Waals surface area contributed by atoms with E-state index in [9.17, 15) is 5.11 Å². The van der Waals surface area contributed by atoms with E-state index in [-0.39, 0.29) is 6.61 Å². The highest BCUT2D eigenvalue weighted by Crippen LogP contribution is 2.60. The maximum absolute atomic E-state index is 10.5. The number of benzene rings is 2. The molecule has 4 aliphatic carbocycles. The number of ether oxygens (including phenoxy) is 1. The van der Waals surface area contributed by atoms with Crippen LogP contribution in [0.25, 0.3) is 11.0 Å². The lowest BCUT2D eigenvalue weighted by Crippen LogP contribution is -2.48. The van der Waals surface area contributed by atoms with Crippen LogP contribution in [0.3, 0.4) is 0 Å². The van der Waals surface area contributed by atoms with Crippen LogP contribution in [0.4, 0.5) is 0 Å². The van der Waals surface area contributed by atoms with E-state index in [2.05, 4.69) is 29.2 Å². The largest absolute Gasteiger partial charge is 0.491 e. The van der Waals surface area contributed by atoms with Crippen molar-refractivity contribution >= 4 is 11.0 Å². The summed E-state index contributed by atoms with van der Waals surface area (Å²) in [4.78, 5) is 4.39. The molecule has 4 nitrogen and oxygen atoms in total. The second kappa shape index (κ2) is 7.12. The normalized spacial score (nSPS) is 30.6. The smallest absolute Gasteiger partial charge is 0.119 e. The predicted octanol–water partition coefficient (Wildman–Crippen LogP) is 4.94. The van der Waals surface area contributed by atoms with Gasteiger partial charge in [-0.05, 0) is 91.5 Å². The fourth-order valence-corrected chi connectivity index (χ4v) is 7.00. The standard InChI is InChI=1S/C26H30N2O2/c29-22(15-28-17-27-24-3-1-2-4-25(24)28)16-30-23-7-5-21(6-8-23)26-12-18-9-19(13-26)11-20(10-18)14-26/h1-8,17-20,22,29H,9-16H2. The molecule has 4 saturated carbocycles. The van der Waals surface area contributed by atoms with Gasteiger partial charge in [0.2, 0.25) is 0 Å². The maximum atomic E-state index is 10.5. The van der Waals surface area contributed by atoms with Gasteiger partial charge >= 0.3 is 0 Å². The Morgan fingerprint density at radius 1 is 0.967 bits per heavy atom. The number of imidazole rings is 1. The molecule has 156 valence electrons. The molecule has 1 heterocycles. The number of nitrogens with zero attached hydrogens (tertiary/aromatic N) is 2. The summed E-state index contributed by atoms with van der Waals surface area (Å²) < 4.78 is 7.90. The summed E-state index contributed by atoms with van der Waals surface area (Å²) in [5.41, 5.74) is 3.93. The van der Waals surface area contributed by atoms with Crippen LogP contribution in [-0.4, -0.2) is 27.4 Å². The van der Waals surface area contributed by atoms with E-state index >= 15 is 0 Å². The average Bonchev–Trinajstić information content (AvgIpc) is 3.14. The average molecular weight is 403 g/mol. The third-order valence-corrected chi connectivity index (χ3v) is 7.88. The van der Waals surface area contributed by atoms with Gasteiger partial charge in [-0.15, -0.1) is 0 Å². The van der Waals surface area contributed by atoms with Crippen molar-refractivity contribution in [3.8, 4) is 5.75 Å². The Morgan fingerprint density at radius 2 is 1.63 bits per heavy atom. The molecule has 0 saturated heterocycles. The molecule has 0 spiro atoms. The van der Waals surface area contributed by atoms with Crippen molar-refractivity contribution in [3.63, 3.8) is 0 Å². The van der Waals surface area contributed by atoms with Crippen LogP contribution in [0, 0.1) is 17.8 Å². The van der Waals surface area contributed by atoms with Gasteiger partial charge in [-0.25, -0.2) is 4.98 Å². The lowest BCUT2D eigenvalue weighted by Gasteiger charge is -2.57. The number of aliphatic hydroxyl groups excluding tert-OH is 1. The minimum atomic E-state index is -0.578. The summed E-state index contributed by atoms with van der Waals surface area (Å²) in [7, 11) is 0. The fraction of sp³-hybridized carbons (Fsp3) is 0.500. The molecule has 1 atom stereocenters. The molecule has 4 fully saturated rings. The van der Waals surface area contributed by atoms with Gasteiger partial charge in [0.05, 0.1) is 23.9 Å². The number of aliphatic hydroxyl groups is 1. The molecule has 1 N–H and O–H groups in total. The topological polar surface area (TPSA) is 47.3 Å². The minimum absolute atomic E-state index is 0.281. The van der Waals surface area contributed by atoms with E-state index in [1.54, 1.807) is 6.33 Å². The van der Waals surface area contributed by atoms with Gasteiger partial charge in [-0.3, -0.25) is 0 Å². The summed E-state index contributed by atoms with van der Waals surface area (Å²) in [6.07, 6.45) is 9.79. The highest BCUT2D eigenvalue weighted by atomic mass is 16.5. The zero-order valence-corrected chi connectivity index (χ0v) is 17.4. The van der Waals surface area contributed by atoms with Crippen molar-refractivity contribution in [1.82, 2.24) is 9.55 Å². The molecule has 2 aromatic carbocycles. The van der Waals surface area contributed by atoms with Crippen LogP contribution in [-0.2, 0) is 12.0 Å². The molecule has 3 aromatic rings. The summed E-state index contributed by atoms with van der Waals surface area (Å²) in [6, 6.07) is 16.8. The molecular formula is C26H30N2O2. The number of fused-ring (bicyclic) bond motifs is 1. The summed E-state index contributed by atoms with van der Waals surface area (Å²) in [5.74, 6) is 3.72. The van der Waals surface area contributed by atoms with Crippen molar-refractivity contribution in [1.29, 1.82) is 0 Å². The SMILES string of the molecule is OC(COc1ccc(C23CC4CC(CC(C4)C2)C3)cc1)Cn1cnc2ccccc21. The predicted molar refractivity (Wildman–Crippen MR) is 118 cm³/mol. The summed E-state index contributed by atoms with van der Waals surface area (Å²) >= 11 is 0. The number of aromatic nitrogens is 2. The van der Waals surface area contributed by atoms with E-state index in [1.807, 2.05) is 28.8 Å². The first-order valence-corrected chi connectivity index (χ1v) is 11.5. The fourth-order valence-electron chi connectivity index (χ4n) is 7.00. The van der Waals surface area contributed by atoms with Gasteiger partial charge in [0.25, 0.3) is 0 Å². The first-order chi connectivity index (χ1) is 14.7. The van der Waals surface area contributed by atoms with E-state index in [0.29, 0.717) is 12.0 Å². The maximum Gasteiger partial charge on any atom is 0.119 e. The van der Waals surface area contributed by atoms with Gasteiger partial charge in [0.15, 0.2) is 0 Å². The molecule has 4 bridgehead atoms. The van der Waals surface area contributed by atoms with Gasteiger partial charge in [0.1, 0.15) is 18.5 Å². The van der Waals surface area contributed by atoms with Crippen molar-refractivity contribution in [2.24, 2.45) is 17.8 Å². The molecule has 7 rings (SSSR count). The third-order valence-electron chi connectivity index (χ3n) is 7.88. The highest BCUT2D eigenvalue weighted by molar-refractivity contribution is 5.74. The Labute approximate surface area is 177 Å². The Morgan fingerprint density at radius 3 is 2.33 bits per heavy atom. The lowest BCUT2D eigenvalue weighted by atomic mass is 9.48. The number of hydrogen-bond donors (Lipinski definition) is 1. The minimum Gasteiger partial charge on any atom is -0.491 e. The Kier molecular flexibility index (Phi) is 4.38. The van der Waals surface area contributed by atoms with Crippen molar-refractivity contribution in [2.45, 2.75) is 56.6 Å². The van der Waals surface area contributed by atoms with Gasteiger partial charge in [-0.2, -0.15) is 0 Å². The van der Waals surface area contributed by atoms with E-state index in [4.69, 9.17) is 4.74 Å². The molecule has 30 heavy (non-hydrogen) atoms. The molecule has 1 aromatic heterocycles. The van der Waals surface area contributed by atoms with Crippen molar-refractivity contribution in [3.05, 3.63) is 60.4 Å². The molecule has 0 amide bonds.